The molecule has 1 atom stereocenters. The Morgan fingerprint density at radius 1 is 1.58 bits per heavy atom. The fraction of sp³-hybridized carbons (Fsp3) is 0.667. The molecule has 0 heterocycles. The molecule has 1 N–H and O–H groups in total. The van der Waals surface area contributed by atoms with Crippen molar-refractivity contribution in [3.63, 3.8) is 0 Å². The Hall–Kier alpha value is -0.430. The molecule has 0 saturated heterocycles. The standard InChI is InChI=1S/C6H12O5S/c1-3-4-10-11-5-6(2)12(7,8)9/h3,6H,1,4-5H2,2H3,(H,7,8,9). The highest BCUT2D eigenvalue weighted by Crippen LogP contribution is 1.97. The van der Waals surface area contributed by atoms with Crippen LogP contribution in [0.1, 0.15) is 6.92 Å². The van der Waals surface area contributed by atoms with Crippen LogP contribution in [0.3, 0.4) is 0 Å². The first-order valence-corrected chi connectivity index (χ1v) is 4.80. The average molecular weight is 196 g/mol. The summed E-state index contributed by atoms with van der Waals surface area (Å²) in [4.78, 5) is 8.91. The van der Waals surface area contributed by atoms with Gasteiger partial charge in [0.15, 0.2) is 0 Å². The maximum absolute atomic E-state index is 10.4. The SMILES string of the molecule is C=CCOOCC(C)S(=O)(=O)O. The molecule has 0 fully saturated rings. The summed E-state index contributed by atoms with van der Waals surface area (Å²) < 4.78 is 29.2. The fourth-order valence-corrected chi connectivity index (χ4v) is 0.554. The zero-order chi connectivity index (χ0) is 9.61. The van der Waals surface area contributed by atoms with Crippen molar-refractivity contribution in [1.82, 2.24) is 0 Å². The van der Waals surface area contributed by atoms with Crippen LogP contribution in [-0.2, 0) is 19.9 Å². The number of rotatable bonds is 6. The van der Waals surface area contributed by atoms with Gasteiger partial charge in [-0.1, -0.05) is 6.08 Å². The third kappa shape index (κ3) is 5.25. The normalized spacial score (nSPS) is 14.2. The predicted octanol–water partition coefficient (Wildman–Crippen LogP) is 0.397. The van der Waals surface area contributed by atoms with Gasteiger partial charge in [-0.25, -0.2) is 9.78 Å². The molecule has 5 nitrogen and oxygen atoms in total. The molecule has 0 rings (SSSR count). The van der Waals surface area contributed by atoms with Gasteiger partial charge in [-0.05, 0) is 6.92 Å². The van der Waals surface area contributed by atoms with E-state index < -0.39 is 15.4 Å². The molecule has 0 bridgehead atoms. The minimum absolute atomic E-state index is 0.179. The monoisotopic (exact) mass is 196 g/mol. The predicted molar refractivity (Wildman–Crippen MR) is 43.1 cm³/mol. The van der Waals surface area contributed by atoms with Gasteiger partial charge < -0.3 is 0 Å². The summed E-state index contributed by atoms with van der Waals surface area (Å²) in [5, 5.41) is -0.984. The van der Waals surface area contributed by atoms with Crippen molar-refractivity contribution in [2.75, 3.05) is 13.2 Å². The highest BCUT2D eigenvalue weighted by Gasteiger charge is 2.17. The Labute approximate surface area is 71.7 Å². The molecular weight excluding hydrogens is 184 g/mol. The summed E-state index contributed by atoms with van der Waals surface area (Å²) in [6.07, 6.45) is 1.46. The lowest BCUT2D eigenvalue weighted by Gasteiger charge is -2.06. The molecule has 0 saturated carbocycles. The summed E-state index contributed by atoms with van der Waals surface area (Å²) in [6.45, 7) is 4.64. The van der Waals surface area contributed by atoms with E-state index in [1.165, 1.54) is 13.0 Å². The third-order valence-electron chi connectivity index (χ3n) is 1.08. The van der Waals surface area contributed by atoms with Crippen LogP contribution in [0.15, 0.2) is 12.7 Å². The maximum Gasteiger partial charge on any atom is 0.269 e. The highest BCUT2D eigenvalue weighted by atomic mass is 32.2. The van der Waals surface area contributed by atoms with Crippen LogP contribution in [0, 0.1) is 0 Å². The first kappa shape index (κ1) is 11.6. The van der Waals surface area contributed by atoms with E-state index in [1.807, 2.05) is 0 Å². The van der Waals surface area contributed by atoms with E-state index in [9.17, 15) is 8.42 Å². The molecule has 0 aliphatic rings. The Bertz CT molecular complexity index is 220. The maximum atomic E-state index is 10.4. The molecule has 12 heavy (non-hydrogen) atoms. The van der Waals surface area contributed by atoms with Crippen molar-refractivity contribution < 1.29 is 22.7 Å². The van der Waals surface area contributed by atoms with E-state index in [0.717, 1.165) is 0 Å². The van der Waals surface area contributed by atoms with Gasteiger partial charge in [0.1, 0.15) is 18.5 Å². The second-order valence-electron chi connectivity index (χ2n) is 2.18. The van der Waals surface area contributed by atoms with E-state index in [-0.39, 0.29) is 13.2 Å². The minimum Gasteiger partial charge on any atom is -0.285 e. The Morgan fingerprint density at radius 2 is 2.17 bits per heavy atom. The van der Waals surface area contributed by atoms with E-state index in [0.29, 0.717) is 0 Å². The lowest BCUT2D eigenvalue weighted by molar-refractivity contribution is -0.285. The van der Waals surface area contributed by atoms with Crippen molar-refractivity contribution in [1.29, 1.82) is 0 Å². The zero-order valence-corrected chi connectivity index (χ0v) is 7.58. The van der Waals surface area contributed by atoms with Crippen LogP contribution < -0.4 is 0 Å². The molecule has 1 unspecified atom stereocenters. The quantitative estimate of drug-likeness (QED) is 0.219. The molecule has 0 amide bonds. The first-order valence-electron chi connectivity index (χ1n) is 3.30. The van der Waals surface area contributed by atoms with Gasteiger partial charge in [0.2, 0.25) is 0 Å². The van der Waals surface area contributed by atoms with E-state index in [2.05, 4.69) is 16.4 Å². The summed E-state index contributed by atoms with van der Waals surface area (Å²) in [5.41, 5.74) is 0. The van der Waals surface area contributed by atoms with Gasteiger partial charge in [-0.3, -0.25) is 4.55 Å². The molecule has 0 aromatic rings. The van der Waals surface area contributed by atoms with Crippen LogP contribution in [0.2, 0.25) is 0 Å². The lowest BCUT2D eigenvalue weighted by atomic mass is 10.5. The van der Waals surface area contributed by atoms with Gasteiger partial charge in [0.05, 0.1) is 0 Å². The molecule has 0 spiro atoms. The second-order valence-corrected chi connectivity index (χ2v) is 4.02. The van der Waals surface area contributed by atoms with Gasteiger partial charge >= 0.3 is 0 Å². The smallest absolute Gasteiger partial charge is 0.269 e. The van der Waals surface area contributed by atoms with Gasteiger partial charge in [0, 0.05) is 0 Å². The minimum atomic E-state index is -4.02. The Kier molecular flexibility index (Phi) is 5.07. The van der Waals surface area contributed by atoms with E-state index in [1.54, 1.807) is 0 Å². The topological polar surface area (TPSA) is 72.8 Å². The average Bonchev–Trinajstić information content (AvgIpc) is 1.96. The molecule has 0 aliphatic heterocycles. The third-order valence-corrected chi connectivity index (χ3v) is 2.23. The van der Waals surface area contributed by atoms with Crippen LogP contribution in [0.4, 0.5) is 0 Å². The van der Waals surface area contributed by atoms with Crippen molar-refractivity contribution in [3.8, 4) is 0 Å². The van der Waals surface area contributed by atoms with Crippen molar-refractivity contribution >= 4 is 10.1 Å². The second kappa shape index (κ2) is 5.26. The molecular formula is C6H12O5S. The summed E-state index contributed by atoms with van der Waals surface area (Å²) in [7, 11) is -4.02. The zero-order valence-electron chi connectivity index (χ0n) is 6.76. The summed E-state index contributed by atoms with van der Waals surface area (Å²) >= 11 is 0. The van der Waals surface area contributed by atoms with E-state index in [4.69, 9.17) is 4.55 Å². The molecule has 0 aromatic carbocycles. The fourth-order valence-electron chi connectivity index (χ4n) is 0.326. The van der Waals surface area contributed by atoms with Crippen LogP contribution in [0.5, 0.6) is 0 Å². The number of hydrogen-bond acceptors (Lipinski definition) is 4. The summed E-state index contributed by atoms with van der Waals surface area (Å²) in [5.74, 6) is 0. The molecule has 6 heteroatoms. The molecule has 0 aliphatic carbocycles. The number of hydrogen-bond donors (Lipinski definition) is 1. The van der Waals surface area contributed by atoms with Crippen LogP contribution in [-0.4, -0.2) is 31.4 Å². The lowest BCUT2D eigenvalue weighted by Crippen LogP contribution is -2.22. The molecule has 0 aromatic heterocycles. The van der Waals surface area contributed by atoms with Gasteiger partial charge in [-0.15, -0.1) is 6.58 Å². The highest BCUT2D eigenvalue weighted by molar-refractivity contribution is 7.86. The van der Waals surface area contributed by atoms with Crippen molar-refractivity contribution in [2.24, 2.45) is 0 Å². The van der Waals surface area contributed by atoms with Crippen molar-refractivity contribution in [3.05, 3.63) is 12.7 Å². The Morgan fingerprint density at radius 3 is 2.58 bits per heavy atom. The van der Waals surface area contributed by atoms with E-state index >= 15 is 0 Å². The largest absolute Gasteiger partial charge is 0.285 e. The first-order chi connectivity index (χ1) is 5.48. The van der Waals surface area contributed by atoms with Crippen LogP contribution in [0.25, 0.3) is 0 Å². The Balaban J connectivity index is 3.58. The van der Waals surface area contributed by atoms with Gasteiger partial charge in [0.25, 0.3) is 10.1 Å². The summed E-state index contributed by atoms with van der Waals surface area (Å²) in [6, 6.07) is 0. The van der Waals surface area contributed by atoms with Gasteiger partial charge in [-0.2, -0.15) is 8.42 Å². The van der Waals surface area contributed by atoms with Crippen LogP contribution >= 0.6 is 0 Å². The molecule has 0 radical (unpaired) electrons. The molecule has 72 valence electrons. The van der Waals surface area contributed by atoms with Crippen molar-refractivity contribution in [2.45, 2.75) is 12.2 Å².